The Morgan fingerprint density at radius 2 is 1.73 bits per heavy atom. The van der Waals surface area contributed by atoms with E-state index in [9.17, 15) is 10.1 Å². The monoisotopic (exact) mass is 537 g/mol. The molecule has 0 atom stereocenters. The number of para-hydroxylation sites is 1. The molecule has 0 radical (unpaired) electrons. The average Bonchev–Trinajstić information content (AvgIpc) is 3.19. The number of amides is 2. The van der Waals surface area contributed by atoms with Gasteiger partial charge in [-0.2, -0.15) is 10.4 Å². The zero-order chi connectivity index (χ0) is 27.6. The summed E-state index contributed by atoms with van der Waals surface area (Å²) in [6, 6.07) is 21.1. The van der Waals surface area contributed by atoms with Crippen molar-refractivity contribution in [3.63, 3.8) is 0 Å². The van der Waals surface area contributed by atoms with Crippen LogP contribution in [-0.4, -0.2) is 46.7 Å². The van der Waals surface area contributed by atoms with Crippen LogP contribution in [0, 0.1) is 11.3 Å². The molecule has 0 saturated carbocycles. The summed E-state index contributed by atoms with van der Waals surface area (Å²) in [6.45, 7) is 3.95. The van der Waals surface area contributed by atoms with Gasteiger partial charge in [-0.1, -0.05) is 31.0 Å². The van der Waals surface area contributed by atoms with Crippen molar-refractivity contribution in [2.45, 2.75) is 38.5 Å². The number of likely N-dealkylation sites (tertiary alicyclic amines) is 1. The Morgan fingerprint density at radius 3 is 2.48 bits per heavy atom. The molecule has 5 rings (SSSR count). The Hall–Kier alpha value is -4.55. The van der Waals surface area contributed by atoms with Crippen molar-refractivity contribution >= 4 is 28.6 Å². The van der Waals surface area contributed by atoms with Gasteiger partial charge in [0.25, 0.3) is 0 Å². The van der Waals surface area contributed by atoms with Gasteiger partial charge in [-0.05, 0) is 81.4 Å². The molecule has 2 aromatic carbocycles. The number of fused-ring (bicyclic) bond motifs is 1. The standard InChI is InChI=1S/C31H35N7O2/c32-16-15-24-22-34-38-23-26(36-31(39)33-17-8-20-37-18-6-1-2-7-19-37)21-29(38)30(24)35-25-11-13-28(14-12-25)40-27-9-4-3-5-10-27/h3-5,9-14,21-23,35H,1-2,6-8,15,17-20H2,(H2,33,36,39). The number of aromatic nitrogens is 2. The number of rotatable bonds is 10. The highest BCUT2D eigenvalue weighted by atomic mass is 16.5. The lowest BCUT2D eigenvalue weighted by Crippen LogP contribution is -2.32. The SMILES string of the molecule is N#CCc1cnn2cc(NC(=O)NCCCN3CCCCCC3)cc2c1Nc1ccc(Oc2ccccc2)cc1. The third-order valence-corrected chi connectivity index (χ3v) is 6.98. The van der Waals surface area contributed by atoms with Gasteiger partial charge in [-0.3, -0.25) is 0 Å². The minimum Gasteiger partial charge on any atom is -0.457 e. The maximum Gasteiger partial charge on any atom is 0.319 e. The highest BCUT2D eigenvalue weighted by Crippen LogP contribution is 2.30. The Morgan fingerprint density at radius 1 is 0.975 bits per heavy atom. The summed E-state index contributed by atoms with van der Waals surface area (Å²) in [5.41, 5.74) is 3.75. The largest absolute Gasteiger partial charge is 0.457 e. The number of urea groups is 1. The quantitative estimate of drug-likeness (QED) is 0.204. The van der Waals surface area contributed by atoms with Crippen LogP contribution in [0.15, 0.2) is 73.1 Å². The molecular weight excluding hydrogens is 502 g/mol. The van der Waals surface area contributed by atoms with Crippen LogP contribution in [0.2, 0.25) is 0 Å². The topological polar surface area (TPSA) is 107 Å². The fourth-order valence-electron chi connectivity index (χ4n) is 4.94. The fourth-order valence-corrected chi connectivity index (χ4v) is 4.94. The van der Waals surface area contributed by atoms with E-state index in [0.29, 0.717) is 12.2 Å². The van der Waals surface area contributed by atoms with Crippen LogP contribution >= 0.6 is 0 Å². The van der Waals surface area contributed by atoms with E-state index in [-0.39, 0.29) is 12.5 Å². The maximum atomic E-state index is 12.6. The van der Waals surface area contributed by atoms with Crippen molar-refractivity contribution in [2.75, 3.05) is 36.8 Å². The molecule has 206 valence electrons. The summed E-state index contributed by atoms with van der Waals surface area (Å²) in [5, 5.41) is 23.2. The third kappa shape index (κ3) is 7.30. The molecule has 0 aliphatic carbocycles. The van der Waals surface area contributed by atoms with Crippen LogP contribution in [0.1, 0.15) is 37.7 Å². The zero-order valence-corrected chi connectivity index (χ0v) is 22.6. The summed E-state index contributed by atoms with van der Waals surface area (Å²) < 4.78 is 7.59. The molecule has 0 spiro atoms. The minimum absolute atomic E-state index is 0.201. The number of benzene rings is 2. The van der Waals surface area contributed by atoms with E-state index in [1.54, 1.807) is 16.9 Å². The van der Waals surface area contributed by atoms with Crippen molar-refractivity contribution in [1.82, 2.24) is 19.8 Å². The van der Waals surface area contributed by atoms with Crippen LogP contribution in [0.4, 0.5) is 21.9 Å². The maximum absolute atomic E-state index is 12.6. The molecule has 3 heterocycles. The molecule has 1 aliphatic heterocycles. The number of hydrogen-bond donors (Lipinski definition) is 3. The van der Waals surface area contributed by atoms with E-state index in [1.807, 2.05) is 60.7 Å². The minimum atomic E-state index is -0.243. The molecule has 0 unspecified atom stereocenters. The molecule has 1 fully saturated rings. The molecule has 9 nitrogen and oxygen atoms in total. The first-order valence-corrected chi connectivity index (χ1v) is 13.9. The third-order valence-electron chi connectivity index (χ3n) is 6.98. The summed E-state index contributed by atoms with van der Waals surface area (Å²) in [7, 11) is 0. The number of nitriles is 1. The lowest BCUT2D eigenvalue weighted by molar-refractivity contribution is 0.249. The molecule has 4 aromatic rings. The highest BCUT2D eigenvalue weighted by Gasteiger charge is 2.14. The Bertz CT molecular complexity index is 1440. The predicted molar refractivity (Wildman–Crippen MR) is 157 cm³/mol. The lowest BCUT2D eigenvalue weighted by Gasteiger charge is -2.19. The molecule has 2 amide bonds. The number of carbonyl (C=O) groups is 1. The number of hydrogen-bond acceptors (Lipinski definition) is 6. The first kappa shape index (κ1) is 27.0. The second-order valence-corrected chi connectivity index (χ2v) is 9.99. The lowest BCUT2D eigenvalue weighted by atomic mass is 10.1. The van der Waals surface area contributed by atoms with Gasteiger partial charge >= 0.3 is 6.03 Å². The Kier molecular flexibility index (Phi) is 9.12. The van der Waals surface area contributed by atoms with Crippen molar-refractivity contribution in [3.05, 3.63) is 78.6 Å². The van der Waals surface area contributed by atoms with Gasteiger partial charge in [0.1, 0.15) is 11.5 Å². The Balaban J connectivity index is 1.22. The van der Waals surface area contributed by atoms with E-state index in [4.69, 9.17) is 4.74 Å². The van der Waals surface area contributed by atoms with E-state index < -0.39 is 0 Å². The molecule has 9 heteroatoms. The average molecular weight is 538 g/mol. The molecule has 0 bridgehead atoms. The summed E-state index contributed by atoms with van der Waals surface area (Å²) in [5.74, 6) is 1.49. The van der Waals surface area contributed by atoms with Gasteiger partial charge in [-0.25, -0.2) is 9.31 Å². The van der Waals surface area contributed by atoms with E-state index >= 15 is 0 Å². The fraction of sp³-hybridized carbons (Fsp3) is 0.323. The van der Waals surface area contributed by atoms with E-state index in [0.717, 1.165) is 60.0 Å². The number of nitrogens with one attached hydrogen (secondary N) is 3. The molecule has 1 aliphatic rings. The predicted octanol–water partition coefficient (Wildman–Crippen LogP) is 6.32. The smallest absolute Gasteiger partial charge is 0.319 e. The molecule has 2 aromatic heterocycles. The van der Waals surface area contributed by atoms with Crippen LogP contribution in [-0.2, 0) is 6.42 Å². The summed E-state index contributed by atoms with van der Waals surface area (Å²) in [4.78, 5) is 15.1. The first-order chi connectivity index (χ1) is 19.7. The number of ether oxygens (including phenoxy) is 1. The molecule has 40 heavy (non-hydrogen) atoms. The Labute approximate surface area is 234 Å². The van der Waals surface area contributed by atoms with Crippen molar-refractivity contribution in [2.24, 2.45) is 0 Å². The van der Waals surface area contributed by atoms with Crippen molar-refractivity contribution in [3.8, 4) is 17.6 Å². The number of carbonyl (C=O) groups excluding carboxylic acids is 1. The number of nitrogens with zero attached hydrogens (tertiary/aromatic N) is 4. The van der Waals surface area contributed by atoms with E-state index in [2.05, 4.69) is 32.0 Å². The van der Waals surface area contributed by atoms with Crippen LogP contribution in [0.25, 0.3) is 5.52 Å². The number of anilines is 3. The van der Waals surface area contributed by atoms with Gasteiger partial charge in [-0.15, -0.1) is 0 Å². The summed E-state index contributed by atoms with van der Waals surface area (Å²) in [6.07, 6.45) is 9.75. The second kappa shape index (κ2) is 13.5. The van der Waals surface area contributed by atoms with Crippen molar-refractivity contribution < 1.29 is 9.53 Å². The highest BCUT2D eigenvalue weighted by molar-refractivity contribution is 5.92. The summed E-state index contributed by atoms with van der Waals surface area (Å²) >= 11 is 0. The zero-order valence-electron chi connectivity index (χ0n) is 22.6. The van der Waals surface area contributed by atoms with Gasteiger partial charge in [0.2, 0.25) is 0 Å². The van der Waals surface area contributed by atoms with Gasteiger partial charge in [0, 0.05) is 17.8 Å². The normalized spacial score (nSPS) is 13.8. The molecular formula is C31H35N7O2. The van der Waals surface area contributed by atoms with Gasteiger partial charge in [0.15, 0.2) is 0 Å². The van der Waals surface area contributed by atoms with Gasteiger partial charge < -0.3 is 25.6 Å². The molecule has 3 N–H and O–H groups in total. The van der Waals surface area contributed by atoms with Gasteiger partial charge in [0.05, 0.1) is 41.8 Å². The van der Waals surface area contributed by atoms with Crippen LogP contribution < -0.4 is 20.7 Å². The van der Waals surface area contributed by atoms with E-state index in [1.165, 1.54) is 25.7 Å². The second-order valence-electron chi connectivity index (χ2n) is 9.99. The first-order valence-electron chi connectivity index (χ1n) is 13.9. The van der Waals surface area contributed by atoms with Crippen LogP contribution in [0.3, 0.4) is 0 Å². The van der Waals surface area contributed by atoms with Crippen molar-refractivity contribution in [1.29, 1.82) is 5.26 Å². The van der Waals surface area contributed by atoms with Crippen LogP contribution in [0.5, 0.6) is 11.5 Å². The molecule has 1 saturated heterocycles.